The smallest absolute Gasteiger partial charge is 0.251 e. The van der Waals surface area contributed by atoms with Crippen molar-refractivity contribution in [1.29, 1.82) is 0 Å². The average molecular weight is 517 g/mol. The van der Waals surface area contributed by atoms with Crippen LogP contribution in [0.1, 0.15) is 15.9 Å². The van der Waals surface area contributed by atoms with Gasteiger partial charge in [-0.05, 0) is 48.0 Å². The highest BCUT2D eigenvalue weighted by molar-refractivity contribution is 7.22. The number of ether oxygens (including phenoxy) is 3. The molecule has 1 saturated heterocycles. The van der Waals surface area contributed by atoms with Gasteiger partial charge in [-0.25, -0.2) is 4.98 Å². The van der Waals surface area contributed by atoms with E-state index >= 15 is 0 Å². The first-order valence-corrected chi connectivity index (χ1v) is 13.3. The summed E-state index contributed by atoms with van der Waals surface area (Å²) < 4.78 is 17.6. The molecule has 1 aromatic heterocycles. The minimum absolute atomic E-state index is 0.106. The van der Waals surface area contributed by atoms with Gasteiger partial charge in [-0.15, -0.1) is 0 Å². The molecule has 0 unspecified atom stereocenters. The number of aromatic nitrogens is 1. The van der Waals surface area contributed by atoms with E-state index in [2.05, 4.69) is 27.2 Å². The van der Waals surface area contributed by atoms with E-state index in [9.17, 15) is 4.79 Å². The third kappa shape index (κ3) is 5.47. The molecule has 0 bridgehead atoms. The second-order valence-electron chi connectivity index (χ2n) is 9.05. The number of benzene rings is 3. The maximum absolute atomic E-state index is 12.6. The lowest BCUT2D eigenvalue weighted by molar-refractivity contribution is 0.0947. The molecule has 6 rings (SSSR count). The minimum Gasteiger partial charge on any atom is -0.492 e. The van der Waals surface area contributed by atoms with Crippen LogP contribution in [-0.4, -0.2) is 61.9 Å². The summed E-state index contributed by atoms with van der Waals surface area (Å²) in [5.74, 6) is 2.34. The molecular formula is C28H28N4O4S. The van der Waals surface area contributed by atoms with Gasteiger partial charge in [0.1, 0.15) is 12.4 Å². The molecule has 4 aromatic rings. The number of rotatable bonds is 8. The molecule has 190 valence electrons. The molecule has 37 heavy (non-hydrogen) atoms. The Balaban J connectivity index is 1.02. The van der Waals surface area contributed by atoms with Crippen molar-refractivity contribution in [3.8, 4) is 17.2 Å². The summed E-state index contributed by atoms with van der Waals surface area (Å²) in [5.41, 5.74) is 2.79. The zero-order valence-corrected chi connectivity index (χ0v) is 21.2. The fourth-order valence-corrected chi connectivity index (χ4v) is 5.59. The molecule has 0 saturated carbocycles. The van der Waals surface area contributed by atoms with Gasteiger partial charge in [0.2, 0.25) is 6.79 Å². The molecule has 1 fully saturated rings. The topological polar surface area (TPSA) is 76.2 Å². The van der Waals surface area contributed by atoms with Crippen molar-refractivity contribution in [1.82, 2.24) is 15.2 Å². The van der Waals surface area contributed by atoms with Gasteiger partial charge >= 0.3 is 0 Å². The fourth-order valence-electron chi connectivity index (χ4n) is 4.54. The number of carbonyl (C=O) groups is 1. The normalized spacial score (nSPS) is 15.2. The van der Waals surface area contributed by atoms with Crippen LogP contribution >= 0.6 is 11.3 Å². The zero-order valence-electron chi connectivity index (χ0n) is 20.4. The number of amides is 1. The van der Waals surface area contributed by atoms with Gasteiger partial charge in [-0.3, -0.25) is 9.69 Å². The summed E-state index contributed by atoms with van der Waals surface area (Å²) in [7, 11) is 0. The summed E-state index contributed by atoms with van der Waals surface area (Å²) in [6, 6.07) is 21.5. The van der Waals surface area contributed by atoms with Crippen molar-refractivity contribution < 1.29 is 19.0 Å². The second kappa shape index (κ2) is 10.7. The van der Waals surface area contributed by atoms with Crippen LogP contribution in [0.15, 0.2) is 66.7 Å². The lowest BCUT2D eigenvalue weighted by Crippen LogP contribution is -2.45. The molecule has 0 spiro atoms. The Hall–Kier alpha value is -3.82. The van der Waals surface area contributed by atoms with Gasteiger partial charge in [0, 0.05) is 38.3 Å². The Bertz CT molecular complexity index is 1390. The van der Waals surface area contributed by atoms with Crippen LogP contribution in [0.5, 0.6) is 17.2 Å². The average Bonchev–Trinajstić information content (AvgIpc) is 3.58. The third-order valence-corrected chi connectivity index (χ3v) is 7.60. The van der Waals surface area contributed by atoms with Crippen LogP contribution < -0.4 is 24.4 Å². The van der Waals surface area contributed by atoms with Gasteiger partial charge < -0.3 is 24.4 Å². The molecule has 2 aliphatic heterocycles. The molecule has 2 aliphatic rings. The quantitative estimate of drug-likeness (QED) is 0.353. The van der Waals surface area contributed by atoms with E-state index in [-0.39, 0.29) is 5.91 Å². The summed E-state index contributed by atoms with van der Waals surface area (Å²) in [4.78, 5) is 22.3. The van der Waals surface area contributed by atoms with Crippen molar-refractivity contribution in [3.63, 3.8) is 0 Å². The maximum atomic E-state index is 12.6. The van der Waals surface area contributed by atoms with Crippen LogP contribution in [0.2, 0.25) is 0 Å². The molecule has 1 N–H and O–H groups in total. The third-order valence-electron chi connectivity index (χ3n) is 6.52. The number of piperazine rings is 1. The van der Waals surface area contributed by atoms with Crippen molar-refractivity contribution in [2.24, 2.45) is 0 Å². The molecule has 0 atom stereocenters. The summed E-state index contributed by atoms with van der Waals surface area (Å²) >= 11 is 1.64. The number of para-hydroxylation sites is 1. The molecule has 3 heterocycles. The summed E-state index contributed by atoms with van der Waals surface area (Å²) in [6.45, 7) is 5.80. The molecule has 0 radical (unpaired) electrons. The van der Waals surface area contributed by atoms with Crippen LogP contribution in [0.4, 0.5) is 5.13 Å². The van der Waals surface area contributed by atoms with Crippen LogP contribution in [-0.2, 0) is 6.54 Å². The Morgan fingerprint density at radius 1 is 0.973 bits per heavy atom. The number of nitrogens with one attached hydrogen (secondary N) is 1. The first-order valence-electron chi connectivity index (χ1n) is 12.4. The molecule has 8 nitrogen and oxygen atoms in total. The summed E-state index contributed by atoms with van der Waals surface area (Å²) in [6.07, 6.45) is 0. The maximum Gasteiger partial charge on any atom is 0.251 e. The van der Waals surface area contributed by atoms with E-state index in [1.807, 2.05) is 54.6 Å². The van der Waals surface area contributed by atoms with Gasteiger partial charge in [0.05, 0.1) is 16.8 Å². The van der Waals surface area contributed by atoms with Gasteiger partial charge in [-0.1, -0.05) is 35.6 Å². The largest absolute Gasteiger partial charge is 0.492 e. The van der Waals surface area contributed by atoms with Crippen LogP contribution in [0.3, 0.4) is 0 Å². The molecule has 1 amide bonds. The van der Waals surface area contributed by atoms with E-state index in [1.165, 1.54) is 5.56 Å². The summed E-state index contributed by atoms with van der Waals surface area (Å²) in [5, 5.41) is 3.94. The SMILES string of the molecule is O=C(NCCOc1ccccc1)c1ccc2nc(N3CCN(Cc4ccc5c(c4)OCO5)CC3)sc2c1. The predicted octanol–water partition coefficient (Wildman–Crippen LogP) is 4.16. The molecule has 0 aliphatic carbocycles. The second-order valence-corrected chi connectivity index (χ2v) is 10.1. The van der Waals surface area contributed by atoms with E-state index < -0.39 is 0 Å². The highest BCUT2D eigenvalue weighted by Crippen LogP contribution is 2.33. The van der Waals surface area contributed by atoms with Gasteiger partial charge in [0.15, 0.2) is 16.6 Å². The number of nitrogens with zero attached hydrogens (tertiary/aromatic N) is 3. The van der Waals surface area contributed by atoms with E-state index in [4.69, 9.17) is 19.2 Å². The van der Waals surface area contributed by atoms with E-state index in [0.717, 1.165) is 65.3 Å². The molecule has 9 heteroatoms. The van der Waals surface area contributed by atoms with Crippen LogP contribution in [0.25, 0.3) is 10.2 Å². The van der Waals surface area contributed by atoms with Crippen molar-refractivity contribution >= 4 is 32.6 Å². The monoisotopic (exact) mass is 516 g/mol. The van der Waals surface area contributed by atoms with Gasteiger partial charge in [0.25, 0.3) is 5.91 Å². The standard InChI is InChI=1S/C28H28N4O4S/c33-27(29-10-15-34-22-4-2-1-3-5-22)21-7-8-23-26(17-21)37-28(30-23)32-13-11-31(12-14-32)18-20-6-9-24-25(16-20)36-19-35-24/h1-9,16-17H,10-15,18-19H2,(H,29,33). The number of thiazole rings is 1. The highest BCUT2D eigenvalue weighted by atomic mass is 32.1. The zero-order chi connectivity index (χ0) is 25.0. The first-order chi connectivity index (χ1) is 18.2. The Labute approximate surface area is 219 Å². The number of hydrogen-bond donors (Lipinski definition) is 1. The van der Waals surface area contributed by atoms with E-state index in [0.29, 0.717) is 25.5 Å². The first kappa shape index (κ1) is 23.6. The van der Waals surface area contributed by atoms with Crippen molar-refractivity contribution in [2.75, 3.05) is 51.0 Å². The number of hydrogen-bond acceptors (Lipinski definition) is 8. The van der Waals surface area contributed by atoms with Crippen molar-refractivity contribution in [2.45, 2.75) is 6.54 Å². The van der Waals surface area contributed by atoms with Crippen molar-refractivity contribution in [3.05, 3.63) is 77.9 Å². The van der Waals surface area contributed by atoms with Gasteiger partial charge in [-0.2, -0.15) is 0 Å². The molecular weight excluding hydrogens is 488 g/mol. The Morgan fingerprint density at radius 3 is 2.68 bits per heavy atom. The van der Waals surface area contributed by atoms with E-state index in [1.54, 1.807) is 11.3 Å². The Morgan fingerprint density at radius 2 is 1.81 bits per heavy atom. The lowest BCUT2D eigenvalue weighted by Gasteiger charge is -2.34. The highest BCUT2D eigenvalue weighted by Gasteiger charge is 2.21. The number of fused-ring (bicyclic) bond motifs is 2. The Kier molecular flexibility index (Phi) is 6.79. The lowest BCUT2D eigenvalue weighted by atomic mass is 10.1. The van der Waals surface area contributed by atoms with Crippen LogP contribution in [0, 0.1) is 0 Å². The minimum atomic E-state index is -0.106. The fraction of sp³-hybridized carbons (Fsp3) is 0.286. The molecule has 3 aromatic carbocycles. The number of anilines is 1. The predicted molar refractivity (Wildman–Crippen MR) is 144 cm³/mol. The number of carbonyl (C=O) groups excluding carboxylic acids is 1.